The minimum Gasteiger partial charge on any atom is -0.491 e. The van der Waals surface area contributed by atoms with E-state index in [2.05, 4.69) is 0 Å². The Balaban J connectivity index is 2.43. The van der Waals surface area contributed by atoms with E-state index in [4.69, 9.17) is 14.9 Å². The summed E-state index contributed by atoms with van der Waals surface area (Å²) < 4.78 is 5.36. The summed E-state index contributed by atoms with van der Waals surface area (Å²) in [5, 5.41) is 19.2. The molecule has 0 amide bonds. The van der Waals surface area contributed by atoms with E-state index in [1.807, 2.05) is 12.1 Å². The van der Waals surface area contributed by atoms with Gasteiger partial charge in [0.05, 0.1) is 13.0 Å². The van der Waals surface area contributed by atoms with Crippen LogP contribution in [-0.2, 0) is 4.79 Å². The summed E-state index contributed by atoms with van der Waals surface area (Å²) in [6.45, 7) is -0.0659. The summed E-state index contributed by atoms with van der Waals surface area (Å²) >= 11 is 0. The second kappa shape index (κ2) is 5.39. The molecule has 0 aliphatic carbocycles. The molecule has 2 N–H and O–H groups in total. The van der Waals surface area contributed by atoms with Crippen LogP contribution in [0.4, 0.5) is 0 Å². The topological polar surface area (TPSA) is 83.8 Å². The van der Waals surface area contributed by atoms with E-state index >= 15 is 0 Å². The number of carboxylic acid groups (broad SMARTS) is 2. The molecular weight excluding hydrogens is 248 g/mol. The number of hydrogen-bond acceptors (Lipinski definition) is 3. The fraction of sp³-hybridized carbons (Fsp3) is 0.143. The Labute approximate surface area is 109 Å². The second-order valence-electron chi connectivity index (χ2n) is 3.96. The summed E-state index contributed by atoms with van der Waals surface area (Å²) in [5.41, 5.74) is 0.0316. The molecule has 0 aliphatic rings. The molecule has 19 heavy (non-hydrogen) atoms. The number of benzene rings is 2. The Morgan fingerprint density at radius 1 is 1.05 bits per heavy atom. The summed E-state index contributed by atoms with van der Waals surface area (Å²) in [6, 6.07) is 10.4. The average Bonchev–Trinajstić information content (AvgIpc) is 2.38. The molecule has 5 heteroatoms. The molecule has 0 unspecified atom stereocenters. The number of carbonyl (C=O) groups is 2. The minimum absolute atomic E-state index is 0.0316. The largest absolute Gasteiger partial charge is 0.491 e. The zero-order valence-corrected chi connectivity index (χ0v) is 10.00. The van der Waals surface area contributed by atoms with Crippen molar-refractivity contribution < 1.29 is 24.5 Å². The van der Waals surface area contributed by atoms with Gasteiger partial charge in [-0.15, -0.1) is 0 Å². The molecule has 0 saturated carbocycles. The average molecular weight is 260 g/mol. The van der Waals surface area contributed by atoms with Crippen LogP contribution >= 0.6 is 0 Å². The summed E-state index contributed by atoms with van der Waals surface area (Å²) in [6.07, 6.45) is -0.178. The van der Waals surface area contributed by atoms with Gasteiger partial charge in [-0.2, -0.15) is 0 Å². The molecule has 0 radical (unpaired) electrons. The van der Waals surface area contributed by atoms with Gasteiger partial charge in [-0.1, -0.05) is 30.3 Å². The first-order chi connectivity index (χ1) is 9.09. The van der Waals surface area contributed by atoms with Crippen LogP contribution in [0, 0.1) is 0 Å². The van der Waals surface area contributed by atoms with Gasteiger partial charge in [0, 0.05) is 5.39 Å². The predicted octanol–water partition coefficient (Wildman–Crippen LogP) is 2.39. The molecule has 5 nitrogen and oxygen atoms in total. The molecule has 98 valence electrons. The van der Waals surface area contributed by atoms with Gasteiger partial charge >= 0.3 is 11.9 Å². The number of hydrogen-bond donors (Lipinski definition) is 2. The van der Waals surface area contributed by atoms with Gasteiger partial charge in [0.1, 0.15) is 11.3 Å². The van der Waals surface area contributed by atoms with E-state index in [1.165, 1.54) is 6.07 Å². The molecule has 0 spiro atoms. The monoisotopic (exact) mass is 260 g/mol. The normalized spacial score (nSPS) is 10.3. The van der Waals surface area contributed by atoms with Crippen LogP contribution in [0.5, 0.6) is 5.75 Å². The highest BCUT2D eigenvalue weighted by molar-refractivity contribution is 6.00. The number of fused-ring (bicyclic) bond motifs is 1. The van der Waals surface area contributed by atoms with Crippen molar-refractivity contribution in [2.24, 2.45) is 0 Å². The van der Waals surface area contributed by atoms with Crippen LogP contribution in [0.25, 0.3) is 10.8 Å². The van der Waals surface area contributed by atoms with E-state index in [-0.39, 0.29) is 24.3 Å². The molecule has 0 heterocycles. The third-order valence-electron chi connectivity index (χ3n) is 2.67. The zero-order valence-electron chi connectivity index (χ0n) is 10.00. The standard InChI is InChI=1S/C14H12O5/c15-12(16)7-8-19-13-10-4-2-1-3-9(10)5-6-11(13)14(17)18/h1-6H,7-8H2,(H,15,16)(H,17,18). The molecule has 2 aromatic rings. The first-order valence-electron chi connectivity index (χ1n) is 5.69. The molecule has 0 saturated heterocycles. The SMILES string of the molecule is O=C(O)CCOc1c(C(=O)O)ccc2ccccc12. The lowest BCUT2D eigenvalue weighted by Crippen LogP contribution is -2.08. The van der Waals surface area contributed by atoms with Gasteiger partial charge in [-0.3, -0.25) is 4.79 Å². The van der Waals surface area contributed by atoms with Crippen molar-refractivity contribution in [1.29, 1.82) is 0 Å². The maximum atomic E-state index is 11.2. The minimum atomic E-state index is -1.10. The predicted molar refractivity (Wildman–Crippen MR) is 68.7 cm³/mol. The van der Waals surface area contributed by atoms with Crippen LogP contribution in [-0.4, -0.2) is 28.8 Å². The fourth-order valence-corrected chi connectivity index (χ4v) is 1.81. The first kappa shape index (κ1) is 12.9. The fourth-order valence-electron chi connectivity index (χ4n) is 1.81. The maximum absolute atomic E-state index is 11.2. The highest BCUT2D eigenvalue weighted by atomic mass is 16.5. The Kier molecular flexibility index (Phi) is 3.66. The van der Waals surface area contributed by atoms with Gasteiger partial charge in [0.15, 0.2) is 0 Å². The van der Waals surface area contributed by atoms with Crippen LogP contribution in [0.3, 0.4) is 0 Å². The highest BCUT2D eigenvalue weighted by Crippen LogP contribution is 2.30. The Morgan fingerprint density at radius 2 is 1.79 bits per heavy atom. The van der Waals surface area contributed by atoms with E-state index in [9.17, 15) is 9.59 Å². The van der Waals surface area contributed by atoms with E-state index in [0.29, 0.717) is 5.39 Å². The van der Waals surface area contributed by atoms with Crippen LogP contribution < -0.4 is 4.74 Å². The Bertz CT molecular complexity index is 633. The molecule has 0 aromatic heterocycles. The number of ether oxygens (including phenoxy) is 1. The highest BCUT2D eigenvalue weighted by Gasteiger charge is 2.15. The van der Waals surface area contributed by atoms with Crippen LogP contribution in [0.2, 0.25) is 0 Å². The Hall–Kier alpha value is -2.56. The first-order valence-corrected chi connectivity index (χ1v) is 5.69. The summed E-state index contributed by atoms with van der Waals surface area (Å²) in [4.78, 5) is 21.6. The van der Waals surface area contributed by atoms with Crippen molar-refractivity contribution in [2.75, 3.05) is 6.61 Å². The lowest BCUT2D eigenvalue weighted by atomic mass is 10.1. The van der Waals surface area contributed by atoms with Crippen molar-refractivity contribution in [3.63, 3.8) is 0 Å². The van der Waals surface area contributed by atoms with E-state index < -0.39 is 11.9 Å². The van der Waals surface area contributed by atoms with Crippen molar-refractivity contribution in [3.05, 3.63) is 42.0 Å². The molecular formula is C14H12O5. The molecule has 0 atom stereocenters. The molecule has 2 aromatic carbocycles. The molecule has 0 aliphatic heterocycles. The van der Waals surface area contributed by atoms with Crippen molar-refractivity contribution in [1.82, 2.24) is 0 Å². The third-order valence-corrected chi connectivity index (χ3v) is 2.67. The number of aliphatic carboxylic acids is 1. The molecule has 0 fully saturated rings. The number of carboxylic acids is 2. The maximum Gasteiger partial charge on any atom is 0.339 e. The van der Waals surface area contributed by atoms with Gasteiger partial charge in [0.2, 0.25) is 0 Å². The summed E-state index contributed by atoms with van der Waals surface area (Å²) in [5.74, 6) is -1.87. The van der Waals surface area contributed by atoms with Crippen LogP contribution in [0.15, 0.2) is 36.4 Å². The number of rotatable bonds is 5. The number of aromatic carboxylic acids is 1. The molecule has 0 bridgehead atoms. The lowest BCUT2D eigenvalue weighted by molar-refractivity contribution is -0.137. The smallest absolute Gasteiger partial charge is 0.339 e. The zero-order chi connectivity index (χ0) is 13.8. The van der Waals surface area contributed by atoms with E-state index in [0.717, 1.165) is 5.39 Å². The van der Waals surface area contributed by atoms with Gasteiger partial charge < -0.3 is 14.9 Å². The van der Waals surface area contributed by atoms with Crippen molar-refractivity contribution in [2.45, 2.75) is 6.42 Å². The second-order valence-corrected chi connectivity index (χ2v) is 3.96. The summed E-state index contributed by atoms with van der Waals surface area (Å²) in [7, 11) is 0. The van der Waals surface area contributed by atoms with Gasteiger partial charge in [-0.25, -0.2) is 4.79 Å². The van der Waals surface area contributed by atoms with Gasteiger partial charge in [-0.05, 0) is 11.5 Å². The third kappa shape index (κ3) is 2.82. The lowest BCUT2D eigenvalue weighted by Gasteiger charge is -2.11. The van der Waals surface area contributed by atoms with Crippen molar-refractivity contribution in [3.8, 4) is 5.75 Å². The van der Waals surface area contributed by atoms with Crippen LogP contribution in [0.1, 0.15) is 16.8 Å². The van der Waals surface area contributed by atoms with E-state index in [1.54, 1.807) is 18.2 Å². The van der Waals surface area contributed by atoms with Crippen molar-refractivity contribution >= 4 is 22.7 Å². The quantitative estimate of drug-likeness (QED) is 0.862. The molecule has 2 rings (SSSR count). The van der Waals surface area contributed by atoms with Gasteiger partial charge in [0.25, 0.3) is 0 Å². The Morgan fingerprint density at radius 3 is 2.47 bits per heavy atom.